The first-order valence-corrected chi connectivity index (χ1v) is 13.9. The molecule has 0 bridgehead atoms. The van der Waals surface area contributed by atoms with Crippen LogP contribution in [0.4, 0.5) is 5.82 Å². The minimum Gasteiger partial charge on any atom is -0.413 e. The molecule has 7 heteroatoms. The van der Waals surface area contributed by atoms with E-state index in [0.717, 1.165) is 42.2 Å². The minimum absolute atomic E-state index is 0.109. The Balaban J connectivity index is 1.54. The van der Waals surface area contributed by atoms with Crippen LogP contribution < -0.4 is 5.32 Å². The molecule has 29 heavy (non-hydrogen) atoms. The largest absolute Gasteiger partial charge is 0.413 e. The first kappa shape index (κ1) is 20.8. The molecule has 4 rings (SSSR count). The number of aromatic nitrogens is 3. The first-order valence-electron chi connectivity index (χ1n) is 11.0. The van der Waals surface area contributed by atoms with Crippen molar-refractivity contribution in [2.24, 2.45) is 11.8 Å². The van der Waals surface area contributed by atoms with Crippen molar-refractivity contribution >= 4 is 25.2 Å². The average molecular weight is 417 g/mol. The number of anilines is 1. The third-order valence-electron chi connectivity index (χ3n) is 7.25. The smallest absolute Gasteiger partial charge is 0.192 e. The predicted molar refractivity (Wildman–Crippen MR) is 120 cm³/mol. The molecule has 0 spiro atoms. The van der Waals surface area contributed by atoms with Crippen molar-refractivity contribution < 1.29 is 9.53 Å². The molecule has 0 radical (unpaired) electrons. The van der Waals surface area contributed by atoms with E-state index in [1.54, 1.807) is 6.33 Å². The quantitative estimate of drug-likeness (QED) is 0.646. The summed E-state index contributed by atoms with van der Waals surface area (Å²) in [6, 6.07) is 2.42. The maximum Gasteiger partial charge on any atom is 0.192 e. The molecule has 3 atom stereocenters. The predicted octanol–water partition coefficient (Wildman–Crippen LogP) is 4.59. The van der Waals surface area contributed by atoms with Crippen LogP contribution in [0.1, 0.15) is 52.5 Å². The molecule has 0 amide bonds. The normalized spacial score (nSPS) is 25.7. The molecular formula is C22H36N4O2Si. The third-order valence-corrected chi connectivity index (χ3v) is 11.8. The molecular weight excluding hydrogens is 380 g/mol. The van der Waals surface area contributed by atoms with Crippen LogP contribution in [0.3, 0.4) is 0 Å². The summed E-state index contributed by atoms with van der Waals surface area (Å²) in [5.41, 5.74) is 0.980. The summed E-state index contributed by atoms with van der Waals surface area (Å²) >= 11 is 0. The summed E-state index contributed by atoms with van der Waals surface area (Å²) in [6.07, 6.45) is 8.40. The standard InChI is InChI=1S/C22H36N4O2Si/c1-22(2,3)29(4,5)28-19-11-17(10-16(19)13-27)26-9-8-18-20(23-12-15-6-7-15)24-14-25-21(18)26/h8-9,14-17,19,27H,6-7,10-13H2,1-5H3,(H,23,24,25)/t16-,17+,19+/m0/s1. The molecule has 0 aromatic carbocycles. The van der Waals surface area contributed by atoms with E-state index in [-0.39, 0.29) is 23.7 Å². The lowest BCUT2D eigenvalue weighted by atomic mass is 10.1. The Morgan fingerprint density at radius 1 is 1.24 bits per heavy atom. The zero-order valence-corrected chi connectivity index (χ0v) is 19.5. The molecule has 0 saturated heterocycles. The monoisotopic (exact) mass is 416 g/mol. The van der Waals surface area contributed by atoms with Crippen molar-refractivity contribution in [3.05, 3.63) is 18.6 Å². The zero-order valence-electron chi connectivity index (χ0n) is 18.5. The highest BCUT2D eigenvalue weighted by Gasteiger charge is 2.44. The van der Waals surface area contributed by atoms with Crippen LogP contribution >= 0.6 is 0 Å². The van der Waals surface area contributed by atoms with Gasteiger partial charge in [-0.25, -0.2) is 9.97 Å². The van der Waals surface area contributed by atoms with Crippen molar-refractivity contribution in [1.82, 2.24) is 14.5 Å². The van der Waals surface area contributed by atoms with Crippen LogP contribution in [-0.2, 0) is 4.43 Å². The molecule has 2 aliphatic rings. The molecule has 0 unspecified atom stereocenters. The Morgan fingerprint density at radius 2 is 2.00 bits per heavy atom. The van der Waals surface area contributed by atoms with E-state index in [0.29, 0.717) is 6.04 Å². The van der Waals surface area contributed by atoms with E-state index in [9.17, 15) is 5.11 Å². The summed E-state index contributed by atoms with van der Waals surface area (Å²) < 4.78 is 9.00. The Morgan fingerprint density at radius 3 is 2.66 bits per heavy atom. The molecule has 2 aliphatic carbocycles. The van der Waals surface area contributed by atoms with Crippen LogP contribution in [0.15, 0.2) is 18.6 Å². The van der Waals surface area contributed by atoms with Crippen molar-refractivity contribution in [1.29, 1.82) is 0 Å². The van der Waals surface area contributed by atoms with Gasteiger partial charge in [0.1, 0.15) is 17.8 Å². The van der Waals surface area contributed by atoms with Gasteiger partial charge in [-0.3, -0.25) is 0 Å². The van der Waals surface area contributed by atoms with Gasteiger partial charge in [0.2, 0.25) is 0 Å². The van der Waals surface area contributed by atoms with Gasteiger partial charge in [-0.15, -0.1) is 0 Å². The van der Waals surface area contributed by atoms with Crippen molar-refractivity contribution in [3.8, 4) is 0 Å². The lowest BCUT2D eigenvalue weighted by Crippen LogP contribution is -2.45. The fraction of sp³-hybridized carbons (Fsp3) is 0.727. The molecule has 6 nitrogen and oxygen atoms in total. The molecule has 2 N–H and O–H groups in total. The van der Waals surface area contributed by atoms with Crippen LogP contribution in [0.2, 0.25) is 18.1 Å². The van der Waals surface area contributed by atoms with Gasteiger partial charge in [-0.05, 0) is 55.8 Å². The zero-order chi connectivity index (χ0) is 20.8. The van der Waals surface area contributed by atoms with Crippen molar-refractivity contribution in [3.63, 3.8) is 0 Å². The number of rotatable bonds is 7. The molecule has 2 heterocycles. The summed E-state index contributed by atoms with van der Waals surface area (Å²) in [5.74, 6) is 1.92. The second-order valence-corrected chi connectivity index (χ2v) is 15.2. The Bertz CT molecular complexity index is 856. The number of fused-ring (bicyclic) bond motifs is 1. The molecule has 160 valence electrons. The maximum absolute atomic E-state index is 10.0. The van der Waals surface area contributed by atoms with E-state index in [4.69, 9.17) is 4.43 Å². The fourth-order valence-corrected chi connectivity index (χ4v) is 5.55. The van der Waals surface area contributed by atoms with Gasteiger partial charge in [0, 0.05) is 31.3 Å². The topological polar surface area (TPSA) is 72.2 Å². The van der Waals surface area contributed by atoms with Crippen LogP contribution in [-0.4, -0.2) is 47.2 Å². The van der Waals surface area contributed by atoms with Crippen LogP contribution in [0.25, 0.3) is 11.0 Å². The first-order chi connectivity index (χ1) is 13.7. The highest BCUT2D eigenvalue weighted by molar-refractivity contribution is 6.74. The number of nitrogens with one attached hydrogen (secondary N) is 1. The average Bonchev–Trinajstić information content (AvgIpc) is 3.24. The molecule has 0 aliphatic heterocycles. The molecule has 2 saturated carbocycles. The highest BCUT2D eigenvalue weighted by Crippen LogP contribution is 2.44. The third kappa shape index (κ3) is 4.23. The van der Waals surface area contributed by atoms with Gasteiger partial charge in [0.25, 0.3) is 0 Å². The molecule has 2 fully saturated rings. The Hall–Kier alpha value is -1.44. The number of aliphatic hydroxyl groups excluding tert-OH is 1. The van der Waals surface area contributed by atoms with Gasteiger partial charge < -0.3 is 19.4 Å². The Kier molecular flexibility index (Phi) is 5.50. The summed E-state index contributed by atoms with van der Waals surface area (Å²) in [5, 5.41) is 14.8. The second-order valence-electron chi connectivity index (χ2n) is 10.5. The van der Waals surface area contributed by atoms with Crippen LogP contribution in [0, 0.1) is 11.8 Å². The number of aliphatic hydroxyl groups is 1. The van der Waals surface area contributed by atoms with Gasteiger partial charge >= 0.3 is 0 Å². The van der Waals surface area contributed by atoms with E-state index < -0.39 is 8.32 Å². The summed E-state index contributed by atoms with van der Waals surface area (Å²) in [6.45, 7) is 12.6. The maximum atomic E-state index is 10.0. The van der Waals surface area contributed by atoms with Crippen molar-refractivity contribution in [2.75, 3.05) is 18.5 Å². The summed E-state index contributed by atoms with van der Waals surface area (Å²) in [4.78, 5) is 9.07. The van der Waals surface area contributed by atoms with Gasteiger partial charge in [-0.2, -0.15) is 0 Å². The summed E-state index contributed by atoms with van der Waals surface area (Å²) in [7, 11) is -1.88. The Labute approximate surface area is 175 Å². The SMILES string of the molecule is CC(C)(C)[Si](C)(C)O[C@@H]1C[C@H](n2ccc3c(NCC4CC4)ncnc32)C[C@H]1CO. The van der Waals surface area contributed by atoms with Gasteiger partial charge in [0.05, 0.1) is 11.5 Å². The molecule has 2 aromatic rings. The molecule has 2 aromatic heterocycles. The van der Waals surface area contributed by atoms with Gasteiger partial charge in [0.15, 0.2) is 8.32 Å². The van der Waals surface area contributed by atoms with E-state index in [2.05, 4.69) is 66.0 Å². The van der Waals surface area contributed by atoms with Crippen LogP contribution in [0.5, 0.6) is 0 Å². The second kappa shape index (κ2) is 7.67. The van der Waals surface area contributed by atoms with Crippen molar-refractivity contribution in [2.45, 2.75) is 76.7 Å². The lowest BCUT2D eigenvalue weighted by Gasteiger charge is -2.39. The fourth-order valence-electron chi connectivity index (χ4n) is 4.15. The van der Waals surface area contributed by atoms with E-state index in [1.165, 1.54) is 12.8 Å². The van der Waals surface area contributed by atoms with E-state index >= 15 is 0 Å². The number of hydrogen-bond acceptors (Lipinski definition) is 5. The van der Waals surface area contributed by atoms with Gasteiger partial charge in [-0.1, -0.05) is 20.8 Å². The number of nitrogens with zero attached hydrogens (tertiary/aromatic N) is 3. The van der Waals surface area contributed by atoms with E-state index in [1.807, 2.05) is 0 Å². The minimum atomic E-state index is -1.88. The number of hydrogen-bond donors (Lipinski definition) is 2. The lowest BCUT2D eigenvalue weighted by molar-refractivity contribution is 0.0979. The highest BCUT2D eigenvalue weighted by atomic mass is 28.4.